The Morgan fingerprint density at radius 2 is 2.09 bits per heavy atom. The standard InChI is InChI=1S/C16H20N2O3S/c1-2-18-10-12(13-5-3-4-6-14(13)18)9-15(19)17-7-8-22-11-16(20)21/h3-6,10H,2,7-9,11H2,1H3,(H,17,19)(H,20,21). The second kappa shape index (κ2) is 7.89. The average molecular weight is 320 g/mol. The van der Waals surface area contributed by atoms with Crippen LogP contribution in [0.1, 0.15) is 12.5 Å². The molecule has 0 aliphatic rings. The van der Waals surface area contributed by atoms with E-state index < -0.39 is 5.97 Å². The van der Waals surface area contributed by atoms with E-state index >= 15 is 0 Å². The van der Waals surface area contributed by atoms with Gasteiger partial charge in [-0.2, -0.15) is 0 Å². The fraction of sp³-hybridized carbons (Fsp3) is 0.375. The third-order valence-corrected chi connectivity index (χ3v) is 4.30. The van der Waals surface area contributed by atoms with Crippen LogP contribution >= 0.6 is 11.8 Å². The van der Waals surface area contributed by atoms with Crippen LogP contribution in [0.4, 0.5) is 0 Å². The van der Waals surface area contributed by atoms with Crippen LogP contribution in [-0.2, 0) is 22.6 Å². The SMILES string of the molecule is CCn1cc(CC(=O)NCCSCC(=O)O)c2ccccc21. The van der Waals surface area contributed by atoms with Gasteiger partial charge in [0.15, 0.2) is 0 Å². The third kappa shape index (κ3) is 4.27. The number of thioether (sulfide) groups is 1. The van der Waals surface area contributed by atoms with Gasteiger partial charge in [-0.25, -0.2) is 0 Å². The molecule has 118 valence electrons. The Morgan fingerprint density at radius 3 is 2.82 bits per heavy atom. The van der Waals surface area contributed by atoms with E-state index in [9.17, 15) is 9.59 Å². The van der Waals surface area contributed by atoms with E-state index in [0.29, 0.717) is 18.7 Å². The van der Waals surface area contributed by atoms with Crippen LogP contribution in [-0.4, -0.2) is 39.6 Å². The number of rotatable bonds is 8. The van der Waals surface area contributed by atoms with Crippen molar-refractivity contribution in [1.82, 2.24) is 9.88 Å². The first-order valence-corrected chi connectivity index (χ1v) is 8.40. The van der Waals surface area contributed by atoms with E-state index in [1.54, 1.807) is 0 Å². The summed E-state index contributed by atoms with van der Waals surface area (Å²) in [4.78, 5) is 22.4. The summed E-state index contributed by atoms with van der Waals surface area (Å²) in [6, 6.07) is 8.07. The number of benzene rings is 1. The van der Waals surface area contributed by atoms with Crippen molar-refractivity contribution in [2.45, 2.75) is 19.9 Å². The van der Waals surface area contributed by atoms with Gasteiger partial charge in [-0.1, -0.05) is 18.2 Å². The number of carbonyl (C=O) groups is 2. The molecule has 1 amide bonds. The fourth-order valence-electron chi connectivity index (χ4n) is 2.38. The molecule has 0 aliphatic carbocycles. The zero-order chi connectivity index (χ0) is 15.9. The van der Waals surface area contributed by atoms with E-state index in [2.05, 4.69) is 22.9 Å². The highest BCUT2D eigenvalue weighted by Crippen LogP contribution is 2.21. The van der Waals surface area contributed by atoms with Gasteiger partial charge in [-0.05, 0) is 18.6 Å². The summed E-state index contributed by atoms with van der Waals surface area (Å²) in [5, 5.41) is 12.5. The summed E-state index contributed by atoms with van der Waals surface area (Å²) < 4.78 is 2.14. The molecule has 0 spiro atoms. The fourth-order valence-corrected chi connectivity index (χ4v) is 2.95. The molecule has 22 heavy (non-hydrogen) atoms. The Bertz CT molecular complexity index is 666. The van der Waals surface area contributed by atoms with Crippen LogP contribution < -0.4 is 5.32 Å². The number of hydrogen-bond acceptors (Lipinski definition) is 3. The number of carboxylic acids is 1. The first-order chi connectivity index (χ1) is 10.6. The maximum Gasteiger partial charge on any atom is 0.313 e. The Morgan fingerprint density at radius 1 is 1.32 bits per heavy atom. The Kier molecular flexibility index (Phi) is 5.89. The minimum Gasteiger partial charge on any atom is -0.481 e. The van der Waals surface area contributed by atoms with Crippen molar-refractivity contribution in [3.05, 3.63) is 36.0 Å². The number of fused-ring (bicyclic) bond motifs is 1. The molecule has 1 aromatic heterocycles. The molecule has 6 heteroatoms. The lowest BCUT2D eigenvalue weighted by Gasteiger charge is -2.04. The number of aromatic nitrogens is 1. The van der Waals surface area contributed by atoms with Gasteiger partial charge in [-0.3, -0.25) is 9.59 Å². The van der Waals surface area contributed by atoms with Crippen molar-refractivity contribution in [3.63, 3.8) is 0 Å². The van der Waals surface area contributed by atoms with Crippen molar-refractivity contribution in [2.75, 3.05) is 18.1 Å². The predicted octanol–water partition coefficient (Wildman–Crippen LogP) is 2.14. The topological polar surface area (TPSA) is 71.3 Å². The van der Waals surface area contributed by atoms with Gasteiger partial charge in [0.1, 0.15) is 0 Å². The number of aliphatic carboxylic acids is 1. The predicted molar refractivity (Wildman–Crippen MR) is 89.3 cm³/mol. The number of carbonyl (C=O) groups excluding carboxylic acids is 1. The van der Waals surface area contributed by atoms with Crippen LogP contribution in [0.2, 0.25) is 0 Å². The van der Waals surface area contributed by atoms with Gasteiger partial charge < -0.3 is 15.0 Å². The van der Waals surface area contributed by atoms with Crippen molar-refractivity contribution in [3.8, 4) is 0 Å². The molecule has 0 saturated carbocycles. The second-order valence-electron chi connectivity index (χ2n) is 4.93. The summed E-state index contributed by atoms with van der Waals surface area (Å²) in [5.74, 6) is -0.187. The first-order valence-electron chi connectivity index (χ1n) is 7.24. The van der Waals surface area contributed by atoms with E-state index in [1.165, 1.54) is 11.8 Å². The Labute approximate surface area is 133 Å². The molecular weight excluding hydrogens is 300 g/mol. The van der Waals surface area contributed by atoms with Crippen LogP contribution in [0.5, 0.6) is 0 Å². The van der Waals surface area contributed by atoms with Crippen LogP contribution in [0.15, 0.2) is 30.5 Å². The van der Waals surface area contributed by atoms with E-state index in [-0.39, 0.29) is 11.7 Å². The highest BCUT2D eigenvalue weighted by Gasteiger charge is 2.10. The second-order valence-corrected chi connectivity index (χ2v) is 6.04. The van der Waals surface area contributed by atoms with E-state index in [4.69, 9.17) is 5.11 Å². The quantitative estimate of drug-likeness (QED) is 0.731. The van der Waals surface area contributed by atoms with Crippen LogP contribution in [0.25, 0.3) is 10.9 Å². The van der Waals surface area contributed by atoms with E-state index in [0.717, 1.165) is 23.0 Å². The molecule has 0 radical (unpaired) electrons. The van der Waals surface area contributed by atoms with Crippen molar-refractivity contribution >= 4 is 34.5 Å². The normalized spacial score (nSPS) is 10.8. The van der Waals surface area contributed by atoms with E-state index in [1.807, 2.05) is 24.4 Å². The summed E-state index contributed by atoms with van der Waals surface area (Å²) in [6.45, 7) is 3.44. The molecule has 0 atom stereocenters. The number of nitrogens with one attached hydrogen (secondary N) is 1. The van der Waals surface area contributed by atoms with Gasteiger partial charge >= 0.3 is 5.97 Å². The molecule has 2 N–H and O–H groups in total. The lowest BCUT2D eigenvalue weighted by Crippen LogP contribution is -2.27. The average Bonchev–Trinajstić information content (AvgIpc) is 2.85. The molecular formula is C16H20N2O3S. The van der Waals surface area contributed by atoms with Gasteiger partial charge in [0, 0.05) is 35.9 Å². The lowest BCUT2D eigenvalue weighted by molar-refractivity contribution is -0.133. The van der Waals surface area contributed by atoms with Gasteiger partial charge in [0.05, 0.1) is 12.2 Å². The number of nitrogens with zero attached hydrogens (tertiary/aromatic N) is 1. The lowest BCUT2D eigenvalue weighted by atomic mass is 10.1. The van der Waals surface area contributed by atoms with Crippen LogP contribution in [0.3, 0.4) is 0 Å². The Balaban J connectivity index is 1.90. The summed E-state index contributed by atoms with van der Waals surface area (Å²) in [5.41, 5.74) is 2.16. The van der Waals surface area contributed by atoms with Crippen molar-refractivity contribution < 1.29 is 14.7 Å². The van der Waals surface area contributed by atoms with Crippen molar-refractivity contribution in [1.29, 1.82) is 0 Å². The molecule has 0 unspecified atom stereocenters. The highest BCUT2D eigenvalue weighted by molar-refractivity contribution is 7.99. The number of amides is 1. The maximum absolute atomic E-state index is 12.0. The minimum absolute atomic E-state index is 0.0325. The molecule has 1 heterocycles. The van der Waals surface area contributed by atoms with Crippen LogP contribution in [0, 0.1) is 0 Å². The largest absolute Gasteiger partial charge is 0.481 e. The first kappa shape index (κ1) is 16.4. The van der Waals surface area contributed by atoms with Crippen molar-refractivity contribution in [2.24, 2.45) is 0 Å². The van der Waals surface area contributed by atoms with Gasteiger partial charge in [0.2, 0.25) is 5.91 Å². The number of hydrogen-bond donors (Lipinski definition) is 2. The maximum atomic E-state index is 12.0. The molecule has 0 fully saturated rings. The summed E-state index contributed by atoms with van der Waals surface area (Å²) in [7, 11) is 0. The molecule has 0 saturated heterocycles. The molecule has 2 aromatic rings. The molecule has 0 aliphatic heterocycles. The molecule has 5 nitrogen and oxygen atoms in total. The summed E-state index contributed by atoms with van der Waals surface area (Å²) in [6.07, 6.45) is 2.38. The van der Waals surface area contributed by atoms with Gasteiger partial charge in [-0.15, -0.1) is 11.8 Å². The number of aryl methyl sites for hydroxylation is 1. The minimum atomic E-state index is -0.830. The Hall–Kier alpha value is -1.95. The number of carboxylic acid groups (broad SMARTS) is 1. The number of para-hydroxylation sites is 1. The molecule has 1 aromatic carbocycles. The van der Waals surface area contributed by atoms with Gasteiger partial charge in [0.25, 0.3) is 0 Å². The molecule has 0 bridgehead atoms. The molecule has 2 rings (SSSR count). The smallest absolute Gasteiger partial charge is 0.313 e. The zero-order valence-corrected chi connectivity index (χ0v) is 13.4. The summed E-state index contributed by atoms with van der Waals surface area (Å²) >= 11 is 1.30. The third-order valence-electron chi connectivity index (χ3n) is 3.36. The monoisotopic (exact) mass is 320 g/mol. The highest BCUT2D eigenvalue weighted by atomic mass is 32.2. The zero-order valence-electron chi connectivity index (χ0n) is 12.5.